The molecule has 8 heteroatoms. The van der Waals surface area contributed by atoms with Crippen molar-refractivity contribution in [2.24, 2.45) is 10.9 Å². The standard InChI is InChI=1S/C22H22ClIN2O3S/c1-4-29-18-10-14(9-17(24)20(18)27)11-19-21(28)26(12-13(2)3)22(30-19)25-16-7-5-15(23)6-8-16/h5-11,13,27H,4,12H2,1-3H3/b19-11-,25-22?. The molecule has 2 aromatic rings. The van der Waals surface area contributed by atoms with Gasteiger partial charge in [0.15, 0.2) is 16.7 Å². The lowest BCUT2D eigenvalue weighted by molar-refractivity contribution is -0.122. The summed E-state index contributed by atoms with van der Waals surface area (Å²) < 4.78 is 6.17. The fourth-order valence-corrected chi connectivity index (χ4v) is 4.60. The van der Waals surface area contributed by atoms with E-state index in [0.717, 1.165) is 11.3 Å². The number of thioether (sulfide) groups is 1. The first-order chi connectivity index (χ1) is 14.3. The molecule has 0 aliphatic carbocycles. The molecular formula is C22H22ClIN2O3S. The van der Waals surface area contributed by atoms with Gasteiger partial charge >= 0.3 is 0 Å². The van der Waals surface area contributed by atoms with Gasteiger partial charge in [-0.25, -0.2) is 4.99 Å². The van der Waals surface area contributed by atoms with Gasteiger partial charge in [-0.2, -0.15) is 0 Å². The van der Waals surface area contributed by atoms with Crippen LogP contribution in [0.15, 0.2) is 46.3 Å². The van der Waals surface area contributed by atoms with Crippen LogP contribution in [0, 0.1) is 9.49 Å². The third kappa shape index (κ3) is 5.50. The van der Waals surface area contributed by atoms with E-state index in [1.165, 1.54) is 11.8 Å². The molecule has 2 aromatic carbocycles. The van der Waals surface area contributed by atoms with Gasteiger partial charge < -0.3 is 9.84 Å². The molecule has 1 aliphatic heterocycles. The molecule has 158 valence electrons. The molecule has 0 spiro atoms. The van der Waals surface area contributed by atoms with Crippen molar-refractivity contribution in [3.05, 3.63) is 55.5 Å². The van der Waals surface area contributed by atoms with Crippen LogP contribution in [0.3, 0.4) is 0 Å². The van der Waals surface area contributed by atoms with Crippen molar-refractivity contribution in [1.82, 2.24) is 4.90 Å². The molecule has 0 saturated carbocycles. The zero-order chi connectivity index (χ0) is 21.8. The number of amides is 1. The largest absolute Gasteiger partial charge is 0.504 e. The number of amidine groups is 1. The van der Waals surface area contributed by atoms with E-state index in [1.807, 2.05) is 31.2 Å². The van der Waals surface area contributed by atoms with Crippen molar-refractivity contribution in [1.29, 1.82) is 0 Å². The highest BCUT2D eigenvalue weighted by Crippen LogP contribution is 2.37. The van der Waals surface area contributed by atoms with Crippen molar-refractivity contribution < 1.29 is 14.6 Å². The van der Waals surface area contributed by atoms with Crippen LogP contribution in [0.25, 0.3) is 6.08 Å². The van der Waals surface area contributed by atoms with Gasteiger partial charge in [0.25, 0.3) is 5.91 Å². The maximum absolute atomic E-state index is 13.1. The van der Waals surface area contributed by atoms with Crippen molar-refractivity contribution >= 4 is 68.8 Å². The number of ether oxygens (including phenoxy) is 1. The van der Waals surface area contributed by atoms with Gasteiger partial charge in [-0.15, -0.1) is 0 Å². The second-order valence-corrected chi connectivity index (χ2v) is 9.68. The van der Waals surface area contributed by atoms with Crippen molar-refractivity contribution in [3.8, 4) is 11.5 Å². The molecule has 0 aromatic heterocycles. The summed E-state index contributed by atoms with van der Waals surface area (Å²) >= 11 is 9.36. The van der Waals surface area contributed by atoms with Gasteiger partial charge in [-0.05, 0) is 95.2 Å². The van der Waals surface area contributed by atoms with Crippen LogP contribution in [-0.2, 0) is 4.79 Å². The Kier molecular flexibility index (Phi) is 7.70. The van der Waals surface area contributed by atoms with Crippen LogP contribution < -0.4 is 4.74 Å². The Morgan fingerprint density at radius 1 is 1.30 bits per heavy atom. The summed E-state index contributed by atoms with van der Waals surface area (Å²) in [5.41, 5.74) is 1.52. The predicted octanol–water partition coefficient (Wildman–Crippen LogP) is 6.31. The maximum atomic E-state index is 13.1. The number of nitrogens with zero attached hydrogens (tertiary/aromatic N) is 2. The van der Waals surface area contributed by atoms with Gasteiger partial charge in [0.2, 0.25) is 0 Å². The van der Waals surface area contributed by atoms with E-state index in [9.17, 15) is 9.90 Å². The first-order valence-electron chi connectivity index (χ1n) is 9.49. The number of aliphatic imine (C=N–C) groups is 1. The minimum atomic E-state index is -0.0811. The average molecular weight is 557 g/mol. The number of phenols is 1. The highest BCUT2D eigenvalue weighted by Gasteiger charge is 2.33. The molecule has 1 aliphatic rings. The molecule has 1 amide bonds. The van der Waals surface area contributed by atoms with Crippen LogP contribution in [0.4, 0.5) is 5.69 Å². The monoisotopic (exact) mass is 556 g/mol. The van der Waals surface area contributed by atoms with Gasteiger partial charge in [0, 0.05) is 11.6 Å². The Labute approximate surface area is 199 Å². The minimum absolute atomic E-state index is 0.0811. The van der Waals surface area contributed by atoms with E-state index in [-0.39, 0.29) is 11.7 Å². The number of phenolic OH excluding ortho intramolecular Hbond substituents is 1. The van der Waals surface area contributed by atoms with E-state index in [1.54, 1.807) is 23.1 Å². The molecule has 0 atom stereocenters. The Morgan fingerprint density at radius 3 is 2.63 bits per heavy atom. The highest BCUT2D eigenvalue weighted by atomic mass is 127. The highest BCUT2D eigenvalue weighted by molar-refractivity contribution is 14.1. The van der Waals surface area contributed by atoms with Crippen molar-refractivity contribution in [2.45, 2.75) is 20.8 Å². The normalized spacial score (nSPS) is 16.9. The lowest BCUT2D eigenvalue weighted by atomic mass is 10.1. The lowest BCUT2D eigenvalue weighted by Crippen LogP contribution is -2.32. The fourth-order valence-electron chi connectivity index (χ4n) is 2.84. The molecule has 5 nitrogen and oxygen atoms in total. The summed E-state index contributed by atoms with van der Waals surface area (Å²) in [4.78, 5) is 20.1. The number of aromatic hydroxyl groups is 1. The Morgan fingerprint density at radius 2 is 2.00 bits per heavy atom. The maximum Gasteiger partial charge on any atom is 0.266 e. The van der Waals surface area contributed by atoms with Crippen LogP contribution in [0.1, 0.15) is 26.3 Å². The number of carbonyl (C=O) groups is 1. The molecule has 1 fully saturated rings. The lowest BCUT2D eigenvalue weighted by Gasteiger charge is -2.17. The number of benzene rings is 2. The summed E-state index contributed by atoms with van der Waals surface area (Å²) in [7, 11) is 0. The van der Waals surface area contributed by atoms with E-state index < -0.39 is 0 Å². The molecule has 30 heavy (non-hydrogen) atoms. The number of hydrogen-bond acceptors (Lipinski definition) is 5. The number of rotatable bonds is 6. The van der Waals surface area contributed by atoms with Gasteiger partial charge in [0.1, 0.15) is 0 Å². The van der Waals surface area contributed by atoms with E-state index in [2.05, 4.69) is 41.4 Å². The van der Waals surface area contributed by atoms with Crippen molar-refractivity contribution in [3.63, 3.8) is 0 Å². The topological polar surface area (TPSA) is 62.1 Å². The molecule has 1 saturated heterocycles. The second kappa shape index (κ2) is 10.1. The zero-order valence-corrected chi connectivity index (χ0v) is 20.6. The summed E-state index contributed by atoms with van der Waals surface area (Å²) in [5.74, 6) is 0.725. The molecule has 0 radical (unpaired) electrons. The van der Waals surface area contributed by atoms with Gasteiger partial charge in [0.05, 0.1) is 20.8 Å². The molecule has 1 heterocycles. The predicted molar refractivity (Wildman–Crippen MR) is 133 cm³/mol. The molecule has 0 bridgehead atoms. The van der Waals surface area contributed by atoms with Crippen LogP contribution in [-0.4, -0.2) is 34.2 Å². The first-order valence-corrected chi connectivity index (χ1v) is 11.8. The van der Waals surface area contributed by atoms with Gasteiger partial charge in [-0.3, -0.25) is 9.69 Å². The second-order valence-electron chi connectivity index (χ2n) is 7.07. The van der Waals surface area contributed by atoms with E-state index >= 15 is 0 Å². The zero-order valence-electron chi connectivity index (χ0n) is 16.9. The summed E-state index contributed by atoms with van der Waals surface area (Å²) in [6, 6.07) is 10.8. The summed E-state index contributed by atoms with van der Waals surface area (Å²) in [6.07, 6.45) is 1.81. The Bertz CT molecular complexity index is 1010. The molecular weight excluding hydrogens is 535 g/mol. The Hall–Kier alpha value is -1.71. The molecule has 3 rings (SSSR count). The third-order valence-corrected chi connectivity index (χ3v) is 6.22. The minimum Gasteiger partial charge on any atom is -0.504 e. The van der Waals surface area contributed by atoms with Crippen LogP contribution in [0.2, 0.25) is 5.02 Å². The number of carbonyl (C=O) groups excluding carboxylic acids is 1. The van der Waals surface area contributed by atoms with Gasteiger partial charge in [-0.1, -0.05) is 25.4 Å². The van der Waals surface area contributed by atoms with Crippen LogP contribution >= 0.6 is 46.0 Å². The SMILES string of the molecule is CCOc1cc(/C=C2\SC(=Nc3ccc(Cl)cc3)N(CC(C)C)C2=O)cc(I)c1O. The summed E-state index contributed by atoms with van der Waals surface area (Å²) in [6.45, 7) is 7.01. The van der Waals surface area contributed by atoms with E-state index in [4.69, 9.17) is 16.3 Å². The molecule has 1 N–H and O–H groups in total. The fraction of sp³-hybridized carbons (Fsp3) is 0.273. The van der Waals surface area contributed by atoms with E-state index in [0.29, 0.717) is 43.5 Å². The average Bonchev–Trinajstić information content (AvgIpc) is 2.96. The third-order valence-electron chi connectivity index (χ3n) is 4.14. The van der Waals surface area contributed by atoms with Crippen molar-refractivity contribution in [2.75, 3.05) is 13.2 Å². The smallest absolute Gasteiger partial charge is 0.266 e. The quantitative estimate of drug-likeness (QED) is 0.335. The Balaban J connectivity index is 1.98. The first kappa shape index (κ1) is 23.0. The van der Waals surface area contributed by atoms with Crippen LogP contribution in [0.5, 0.6) is 11.5 Å². The number of halogens is 2. The summed E-state index contributed by atoms with van der Waals surface area (Å²) in [5, 5.41) is 11.4. The number of hydrogen-bond donors (Lipinski definition) is 1. The molecule has 0 unspecified atom stereocenters.